The van der Waals surface area contributed by atoms with Crippen LogP contribution in [0.4, 0.5) is 0 Å². The first kappa shape index (κ1) is 12.4. The minimum Gasteiger partial charge on any atom is -0.328 e. The van der Waals surface area contributed by atoms with Gasteiger partial charge in [-0.1, -0.05) is 12.8 Å². The third-order valence-electron chi connectivity index (χ3n) is 4.32. The van der Waals surface area contributed by atoms with Crippen molar-refractivity contribution in [2.45, 2.75) is 44.7 Å². The molecule has 3 rings (SSSR count). The number of hydrogen-bond donors (Lipinski definition) is 1. The molecule has 2 N–H and O–H groups in total. The molecule has 1 saturated carbocycles. The van der Waals surface area contributed by atoms with Crippen LogP contribution in [0.3, 0.4) is 0 Å². The molecule has 2 heterocycles. The third kappa shape index (κ3) is 1.98. The topological polar surface area (TPSA) is 61.7 Å². The summed E-state index contributed by atoms with van der Waals surface area (Å²) in [7, 11) is 0. The van der Waals surface area contributed by atoms with Crippen molar-refractivity contribution in [1.29, 1.82) is 0 Å². The van der Waals surface area contributed by atoms with Crippen LogP contribution in [0, 0.1) is 0 Å². The summed E-state index contributed by atoms with van der Waals surface area (Å²) in [5, 5.41) is 4.35. The first-order valence-corrected chi connectivity index (χ1v) is 7.05. The van der Waals surface area contributed by atoms with Gasteiger partial charge in [-0.3, -0.25) is 4.68 Å². The van der Waals surface area contributed by atoms with E-state index in [4.69, 9.17) is 5.73 Å². The summed E-state index contributed by atoms with van der Waals surface area (Å²) in [6, 6.07) is 0. The number of nitrogens with two attached hydrogens (primary N) is 1. The van der Waals surface area contributed by atoms with Gasteiger partial charge in [-0.05, 0) is 19.8 Å². The summed E-state index contributed by atoms with van der Waals surface area (Å²) >= 11 is 0. The summed E-state index contributed by atoms with van der Waals surface area (Å²) in [6.07, 6.45) is 12.6. The maximum Gasteiger partial charge on any atom is 0.0956 e. The summed E-state index contributed by atoms with van der Waals surface area (Å²) < 4.78 is 4.22. The van der Waals surface area contributed by atoms with Gasteiger partial charge in [0.2, 0.25) is 0 Å². The molecule has 1 aliphatic carbocycles. The van der Waals surface area contributed by atoms with Crippen molar-refractivity contribution in [2.75, 3.05) is 6.54 Å². The standard InChI is InChI=1S/C14H21N5/c1-2-18-9-12(7-17-18)13-8-16-11-19(13)14(10-15)5-3-4-6-14/h7-9,11H,2-6,10,15H2,1H3. The van der Waals surface area contributed by atoms with Crippen molar-refractivity contribution in [1.82, 2.24) is 19.3 Å². The molecule has 0 unspecified atom stereocenters. The molecule has 19 heavy (non-hydrogen) atoms. The van der Waals surface area contributed by atoms with Crippen LogP contribution in [0.15, 0.2) is 24.9 Å². The quantitative estimate of drug-likeness (QED) is 0.913. The third-order valence-corrected chi connectivity index (χ3v) is 4.32. The zero-order valence-electron chi connectivity index (χ0n) is 11.4. The van der Waals surface area contributed by atoms with Gasteiger partial charge in [-0.15, -0.1) is 0 Å². The molecule has 0 saturated heterocycles. The molecule has 0 aromatic carbocycles. The van der Waals surface area contributed by atoms with E-state index in [0.29, 0.717) is 6.54 Å². The summed E-state index contributed by atoms with van der Waals surface area (Å²) in [5.74, 6) is 0. The molecule has 5 heteroatoms. The Morgan fingerprint density at radius 3 is 2.74 bits per heavy atom. The Hall–Kier alpha value is -1.62. The Kier molecular flexibility index (Phi) is 3.14. The Labute approximate surface area is 113 Å². The minimum absolute atomic E-state index is 0.0557. The maximum absolute atomic E-state index is 6.07. The molecule has 2 aromatic heterocycles. The fourth-order valence-electron chi connectivity index (χ4n) is 3.13. The van der Waals surface area contributed by atoms with Gasteiger partial charge >= 0.3 is 0 Å². The monoisotopic (exact) mass is 259 g/mol. The Balaban J connectivity index is 2.02. The molecule has 102 valence electrons. The smallest absolute Gasteiger partial charge is 0.0956 e. The molecule has 1 fully saturated rings. The number of hydrogen-bond acceptors (Lipinski definition) is 3. The van der Waals surface area contributed by atoms with Crippen LogP contribution < -0.4 is 5.73 Å². The second kappa shape index (κ2) is 4.81. The lowest BCUT2D eigenvalue weighted by atomic mass is 9.96. The maximum atomic E-state index is 6.07. The highest BCUT2D eigenvalue weighted by Crippen LogP contribution is 2.38. The number of aryl methyl sites for hydroxylation is 1. The van der Waals surface area contributed by atoms with Gasteiger partial charge in [0.15, 0.2) is 0 Å². The summed E-state index contributed by atoms with van der Waals surface area (Å²) in [5.41, 5.74) is 8.38. The van der Waals surface area contributed by atoms with Crippen molar-refractivity contribution in [3.63, 3.8) is 0 Å². The van der Waals surface area contributed by atoms with Crippen molar-refractivity contribution in [3.8, 4) is 11.3 Å². The molecular formula is C14H21N5. The first-order chi connectivity index (χ1) is 9.29. The van der Waals surface area contributed by atoms with E-state index in [1.165, 1.54) is 12.8 Å². The van der Waals surface area contributed by atoms with Gasteiger partial charge < -0.3 is 10.3 Å². The predicted molar refractivity (Wildman–Crippen MR) is 74.6 cm³/mol. The van der Waals surface area contributed by atoms with E-state index in [2.05, 4.69) is 27.8 Å². The summed E-state index contributed by atoms with van der Waals surface area (Å²) in [4.78, 5) is 4.34. The average molecular weight is 259 g/mol. The van der Waals surface area contributed by atoms with Crippen molar-refractivity contribution >= 4 is 0 Å². The van der Waals surface area contributed by atoms with E-state index in [1.54, 1.807) is 0 Å². The molecule has 0 spiro atoms. The highest BCUT2D eigenvalue weighted by molar-refractivity contribution is 5.57. The molecule has 0 radical (unpaired) electrons. The van der Waals surface area contributed by atoms with Crippen molar-refractivity contribution < 1.29 is 0 Å². The van der Waals surface area contributed by atoms with Crippen LogP contribution in [0.2, 0.25) is 0 Å². The number of imidazole rings is 1. The van der Waals surface area contributed by atoms with Crippen LogP contribution in [0.5, 0.6) is 0 Å². The molecule has 0 aliphatic heterocycles. The second-order valence-corrected chi connectivity index (χ2v) is 5.37. The predicted octanol–water partition coefficient (Wildman–Crippen LogP) is 1.99. The first-order valence-electron chi connectivity index (χ1n) is 7.05. The second-order valence-electron chi connectivity index (χ2n) is 5.37. The molecule has 0 atom stereocenters. The van der Waals surface area contributed by atoms with Crippen molar-refractivity contribution in [2.24, 2.45) is 5.73 Å². The lowest BCUT2D eigenvalue weighted by molar-refractivity contribution is 0.307. The van der Waals surface area contributed by atoms with E-state index in [1.807, 2.05) is 23.4 Å². The Bertz CT molecular complexity index is 548. The highest BCUT2D eigenvalue weighted by atomic mass is 15.3. The van der Waals surface area contributed by atoms with Gasteiger partial charge in [0.1, 0.15) is 0 Å². The van der Waals surface area contributed by atoms with Gasteiger partial charge in [0.25, 0.3) is 0 Å². The SMILES string of the molecule is CCn1cc(-c2cncn2C2(CN)CCCC2)cn1. The van der Waals surface area contributed by atoms with Gasteiger partial charge in [0, 0.05) is 24.8 Å². The number of rotatable bonds is 4. The van der Waals surface area contributed by atoms with Crippen molar-refractivity contribution in [3.05, 3.63) is 24.9 Å². The van der Waals surface area contributed by atoms with Crippen LogP contribution in [0.25, 0.3) is 11.3 Å². The Morgan fingerprint density at radius 2 is 2.11 bits per heavy atom. The fourth-order valence-corrected chi connectivity index (χ4v) is 3.13. The van der Waals surface area contributed by atoms with E-state index in [-0.39, 0.29) is 5.54 Å². The van der Waals surface area contributed by atoms with Crippen LogP contribution in [0.1, 0.15) is 32.6 Å². The molecule has 0 amide bonds. The summed E-state index contributed by atoms with van der Waals surface area (Å²) in [6.45, 7) is 3.65. The Morgan fingerprint density at radius 1 is 1.32 bits per heavy atom. The molecular weight excluding hydrogens is 238 g/mol. The van der Waals surface area contributed by atoms with Crippen LogP contribution in [-0.4, -0.2) is 25.9 Å². The van der Waals surface area contributed by atoms with E-state index in [9.17, 15) is 0 Å². The molecule has 5 nitrogen and oxygen atoms in total. The fraction of sp³-hybridized carbons (Fsp3) is 0.571. The minimum atomic E-state index is 0.0557. The van der Waals surface area contributed by atoms with Gasteiger partial charge in [0.05, 0.1) is 30.0 Å². The zero-order chi connectivity index (χ0) is 13.3. The van der Waals surface area contributed by atoms with Crippen LogP contribution in [-0.2, 0) is 12.1 Å². The number of aromatic nitrogens is 4. The van der Waals surface area contributed by atoms with E-state index in [0.717, 1.165) is 30.6 Å². The van der Waals surface area contributed by atoms with Gasteiger partial charge in [-0.25, -0.2) is 4.98 Å². The lowest BCUT2D eigenvalue weighted by Gasteiger charge is -2.30. The average Bonchev–Trinajstić information content (AvgIpc) is 3.17. The van der Waals surface area contributed by atoms with Gasteiger partial charge in [-0.2, -0.15) is 5.10 Å². The van der Waals surface area contributed by atoms with E-state index < -0.39 is 0 Å². The molecule has 1 aliphatic rings. The lowest BCUT2D eigenvalue weighted by Crippen LogP contribution is -2.38. The normalized spacial score (nSPS) is 18.0. The zero-order valence-corrected chi connectivity index (χ0v) is 11.4. The molecule has 2 aromatic rings. The number of nitrogens with zero attached hydrogens (tertiary/aromatic N) is 4. The highest BCUT2D eigenvalue weighted by Gasteiger charge is 2.35. The molecule has 0 bridgehead atoms. The van der Waals surface area contributed by atoms with E-state index >= 15 is 0 Å². The van der Waals surface area contributed by atoms with Crippen LogP contribution >= 0.6 is 0 Å². The largest absolute Gasteiger partial charge is 0.328 e.